The van der Waals surface area contributed by atoms with Crippen LogP contribution in [0.15, 0.2) is 42.5 Å². The summed E-state index contributed by atoms with van der Waals surface area (Å²) in [4.78, 5) is 12.3. The van der Waals surface area contributed by atoms with Gasteiger partial charge in [-0.1, -0.05) is 30.3 Å². The van der Waals surface area contributed by atoms with Crippen molar-refractivity contribution in [1.82, 2.24) is 5.32 Å². The predicted molar refractivity (Wildman–Crippen MR) is 96.2 cm³/mol. The number of rotatable bonds is 5. The summed E-state index contributed by atoms with van der Waals surface area (Å²) in [5, 5.41) is 2.96. The monoisotopic (exact) mass is 323 g/mol. The average molecular weight is 323 g/mol. The molecule has 0 aromatic heterocycles. The molecule has 0 saturated carbocycles. The van der Waals surface area contributed by atoms with E-state index in [-0.39, 0.29) is 5.91 Å². The van der Waals surface area contributed by atoms with Crippen LogP contribution in [0.2, 0.25) is 0 Å². The van der Waals surface area contributed by atoms with Crippen LogP contribution in [-0.4, -0.2) is 12.0 Å². The number of ether oxygens (including phenoxy) is 1. The van der Waals surface area contributed by atoms with Crippen molar-refractivity contribution in [2.45, 2.75) is 52.2 Å². The first-order valence-corrected chi connectivity index (χ1v) is 8.74. The van der Waals surface area contributed by atoms with Crippen molar-refractivity contribution >= 4 is 5.91 Å². The maximum Gasteiger partial charge on any atom is 0.261 e. The number of nitrogens with one attached hydrogen (secondary N) is 1. The van der Waals surface area contributed by atoms with E-state index >= 15 is 0 Å². The number of amides is 1. The van der Waals surface area contributed by atoms with E-state index in [4.69, 9.17) is 4.74 Å². The smallest absolute Gasteiger partial charge is 0.261 e. The fraction of sp³-hybridized carbons (Fsp3) is 0.381. The Hall–Kier alpha value is -2.29. The highest BCUT2D eigenvalue weighted by Gasteiger charge is 2.16. The van der Waals surface area contributed by atoms with E-state index in [9.17, 15) is 4.79 Å². The Kier molecular flexibility index (Phi) is 5.19. The van der Waals surface area contributed by atoms with E-state index < -0.39 is 6.10 Å². The van der Waals surface area contributed by atoms with Crippen molar-refractivity contribution in [3.05, 3.63) is 64.7 Å². The fourth-order valence-electron chi connectivity index (χ4n) is 3.18. The Labute approximate surface area is 144 Å². The molecular weight excluding hydrogens is 298 g/mol. The second kappa shape index (κ2) is 7.52. The van der Waals surface area contributed by atoms with Crippen LogP contribution in [0.5, 0.6) is 5.75 Å². The summed E-state index contributed by atoms with van der Waals surface area (Å²) in [6.45, 7) is 4.38. The molecule has 24 heavy (non-hydrogen) atoms. The Balaban J connectivity index is 1.57. The van der Waals surface area contributed by atoms with Crippen molar-refractivity contribution in [3.8, 4) is 5.75 Å². The molecule has 1 N–H and O–H groups in total. The van der Waals surface area contributed by atoms with E-state index in [2.05, 4.69) is 30.4 Å². The van der Waals surface area contributed by atoms with Crippen LogP contribution in [-0.2, 0) is 24.2 Å². The third-order valence-electron chi connectivity index (χ3n) is 4.72. The molecule has 1 amide bonds. The molecule has 1 aliphatic rings. The van der Waals surface area contributed by atoms with Gasteiger partial charge in [0.1, 0.15) is 5.75 Å². The number of carbonyl (C=O) groups is 1. The highest BCUT2D eigenvalue weighted by Crippen LogP contribution is 2.25. The minimum absolute atomic E-state index is 0.0871. The van der Waals surface area contributed by atoms with Crippen molar-refractivity contribution in [3.63, 3.8) is 0 Å². The lowest BCUT2D eigenvalue weighted by Gasteiger charge is -2.19. The minimum Gasteiger partial charge on any atom is -0.481 e. The topological polar surface area (TPSA) is 38.3 Å². The molecule has 3 nitrogen and oxygen atoms in total. The Morgan fingerprint density at radius 2 is 1.88 bits per heavy atom. The maximum atomic E-state index is 12.3. The maximum absolute atomic E-state index is 12.3. The average Bonchev–Trinajstić information content (AvgIpc) is 2.60. The molecule has 0 heterocycles. The van der Waals surface area contributed by atoms with Gasteiger partial charge in [0.25, 0.3) is 5.91 Å². The number of benzene rings is 2. The van der Waals surface area contributed by atoms with Gasteiger partial charge in [-0.05, 0) is 73.9 Å². The van der Waals surface area contributed by atoms with Gasteiger partial charge in [-0.25, -0.2) is 0 Å². The minimum atomic E-state index is -0.504. The van der Waals surface area contributed by atoms with Crippen LogP contribution in [0.25, 0.3) is 0 Å². The largest absolute Gasteiger partial charge is 0.481 e. The summed E-state index contributed by atoms with van der Waals surface area (Å²) in [7, 11) is 0. The quantitative estimate of drug-likeness (QED) is 0.904. The summed E-state index contributed by atoms with van der Waals surface area (Å²) in [6.07, 6.45) is 4.27. The summed E-state index contributed by atoms with van der Waals surface area (Å²) in [5.74, 6) is 0.699. The zero-order valence-electron chi connectivity index (χ0n) is 14.5. The van der Waals surface area contributed by atoms with Gasteiger partial charge in [0.2, 0.25) is 0 Å². The molecule has 0 bridgehead atoms. The van der Waals surface area contributed by atoms with Crippen molar-refractivity contribution < 1.29 is 9.53 Å². The first kappa shape index (κ1) is 16.6. The number of fused-ring (bicyclic) bond motifs is 1. The van der Waals surface area contributed by atoms with Crippen molar-refractivity contribution in [2.75, 3.05) is 0 Å². The van der Waals surface area contributed by atoms with E-state index in [1.54, 1.807) is 6.92 Å². The number of carbonyl (C=O) groups excluding carboxylic acids is 1. The molecule has 1 aliphatic carbocycles. The lowest BCUT2D eigenvalue weighted by Crippen LogP contribution is -2.36. The summed E-state index contributed by atoms with van der Waals surface area (Å²) < 4.78 is 5.85. The van der Waals surface area contributed by atoms with E-state index in [0.717, 1.165) is 24.2 Å². The molecule has 0 saturated heterocycles. The van der Waals surface area contributed by atoms with Gasteiger partial charge >= 0.3 is 0 Å². The lowest BCUT2D eigenvalue weighted by atomic mass is 9.92. The predicted octanol–water partition coefficient (Wildman–Crippen LogP) is 3.96. The molecule has 3 heteroatoms. The molecule has 0 spiro atoms. The zero-order chi connectivity index (χ0) is 16.9. The van der Waals surface area contributed by atoms with Crippen LogP contribution in [0.3, 0.4) is 0 Å². The van der Waals surface area contributed by atoms with Gasteiger partial charge in [-0.2, -0.15) is 0 Å². The molecule has 0 fully saturated rings. The van der Waals surface area contributed by atoms with Crippen LogP contribution in [0.1, 0.15) is 42.0 Å². The van der Waals surface area contributed by atoms with Gasteiger partial charge in [0.15, 0.2) is 6.10 Å². The van der Waals surface area contributed by atoms with Gasteiger partial charge in [0, 0.05) is 6.54 Å². The summed E-state index contributed by atoms with van der Waals surface area (Å²) in [5.41, 5.74) is 5.10. The van der Waals surface area contributed by atoms with Gasteiger partial charge in [-0.15, -0.1) is 0 Å². The number of hydrogen-bond donors (Lipinski definition) is 1. The molecular formula is C21H25NO2. The molecule has 126 valence electrons. The molecule has 2 aromatic carbocycles. The van der Waals surface area contributed by atoms with Gasteiger partial charge in [-0.3, -0.25) is 4.79 Å². The Morgan fingerprint density at radius 3 is 2.67 bits per heavy atom. The van der Waals surface area contributed by atoms with Crippen LogP contribution in [0, 0.1) is 6.92 Å². The normalized spacial score (nSPS) is 14.6. The molecule has 1 atom stereocenters. The first-order chi connectivity index (χ1) is 11.6. The summed E-state index contributed by atoms with van der Waals surface area (Å²) in [6, 6.07) is 14.3. The Bertz CT molecular complexity index is 724. The summed E-state index contributed by atoms with van der Waals surface area (Å²) >= 11 is 0. The van der Waals surface area contributed by atoms with Crippen molar-refractivity contribution in [1.29, 1.82) is 0 Å². The highest BCUT2D eigenvalue weighted by atomic mass is 16.5. The van der Waals surface area contributed by atoms with Gasteiger partial charge in [0.05, 0.1) is 0 Å². The van der Waals surface area contributed by atoms with Crippen molar-refractivity contribution in [2.24, 2.45) is 0 Å². The van der Waals surface area contributed by atoms with E-state index in [1.165, 1.54) is 29.5 Å². The second-order valence-corrected chi connectivity index (χ2v) is 6.54. The highest BCUT2D eigenvalue weighted by molar-refractivity contribution is 5.80. The SMILES string of the molecule is Cc1ccccc1CNC(=O)[C@H](C)Oc1ccc2c(c1)CCCC2. The van der Waals surface area contributed by atoms with E-state index in [1.807, 2.05) is 24.3 Å². The number of hydrogen-bond acceptors (Lipinski definition) is 2. The third kappa shape index (κ3) is 3.97. The lowest BCUT2D eigenvalue weighted by molar-refractivity contribution is -0.127. The van der Waals surface area contributed by atoms with E-state index in [0.29, 0.717) is 6.54 Å². The first-order valence-electron chi connectivity index (χ1n) is 8.74. The molecule has 0 radical (unpaired) electrons. The number of aryl methyl sites for hydroxylation is 3. The molecule has 0 unspecified atom stereocenters. The third-order valence-corrected chi connectivity index (χ3v) is 4.72. The van der Waals surface area contributed by atoms with Gasteiger partial charge < -0.3 is 10.1 Å². The fourth-order valence-corrected chi connectivity index (χ4v) is 3.18. The van der Waals surface area contributed by atoms with Crippen LogP contribution >= 0.6 is 0 Å². The van der Waals surface area contributed by atoms with Crippen LogP contribution < -0.4 is 10.1 Å². The Morgan fingerprint density at radius 1 is 1.12 bits per heavy atom. The molecule has 2 aromatic rings. The standard InChI is InChI=1S/C21H25NO2/c1-15-7-3-4-10-19(15)14-22-21(23)16(2)24-20-12-11-17-8-5-6-9-18(17)13-20/h3-4,7,10-13,16H,5-6,8-9,14H2,1-2H3,(H,22,23)/t16-/m0/s1. The molecule has 0 aliphatic heterocycles. The second-order valence-electron chi connectivity index (χ2n) is 6.54. The molecule has 3 rings (SSSR count). The van der Waals surface area contributed by atoms with Crippen LogP contribution in [0.4, 0.5) is 0 Å². The zero-order valence-corrected chi connectivity index (χ0v) is 14.5.